The Morgan fingerprint density at radius 3 is 2.57 bits per heavy atom. The molecule has 0 saturated carbocycles. The van der Waals surface area contributed by atoms with Crippen molar-refractivity contribution in [2.24, 2.45) is 0 Å². The molecule has 0 bridgehead atoms. The summed E-state index contributed by atoms with van der Waals surface area (Å²) < 4.78 is 7.18. The third kappa shape index (κ3) is 3.40. The molecule has 8 heteroatoms. The molecule has 2 aromatic carbocycles. The maximum absolute atomic E-state index is 13.6. The van der Waals surface area contributed by atoms with E-state index in [-0.39, 0.29) is 23.5 Å². The average Bonchev–Trinajstić information content (AvgIpc) is 3.11. The van der Waals surface area contributed by atoms with E-state index in [1.165, 1.54) is 22.9 Å². The molecular weight excluding hydrogens is 384 g/mol. The summed E-state index contributed by atoms with van der Waals surface area (Å²) in [6, 6.07) is 13.6. The lowest BCUT2D eigenvalue weighted by Gasteiger charge is -2.37. The van der Waals surface area contributed by atoms with E-state index in [2.05, 4.69) is 6.07 Å². The highest BCUT2D eigenvalue weighted by atomic mass is 16.6. The van der Waals surface area contributed by atoms with Crippen LogP contribution in [0.2, 0.25) is 0 Å². The van der Waals surface area contributed by atoms with E-state index < -0.39 is 10.8 Å². The van der Waals surface area contributed by atoms with Gasteiger partial charge in [-0.25, -0.2) is 0 Å². The number of carbonyl (C=O) groups is 1. The summed E-state index contributed by atoms with van der Waals surface area (Å²) in [6.45, 7) is 5.04. The Morgan fingerprint density at radius 1 is 1.20 bits per heavy atom. The van der Waals surface area contributed by atoms with E-state index in [1.807, 2.05) is 18.7 Å². The second-order valence-electron chi connectivity index (χ2n) is 7.47. The summed E-state index contributed by atoms with van der Waals surface area (Å²) >= 11 is 0. The summed E-state index contributed by atoms with van der Waals surface area (Å²) in [5.74, 6) is -0.418. The Hall–Kier alpha value is -3.70. The lowest BCUT2D eigenvalue weighted by Crippen LogP contribution is -2.46. The minimum Gasteiger partial charge on any atom is -0.372 e. The van der Waals surface area contributed by atoms with Gasteiger partial charge in [-0.15, -0.1) is 0 Å². The Balaban J connectivity index is 1.87. The van der Waals surface area contributed by atoms with Crippen LogP contribution in [0, 0.1) is 21.4 Å². The number of fused-ring (bicyclic) bond motifs is 1. The topological polar surface area (TPSA) is 101 Å². The molecule has 3 aromatic rings. The molecule has 2 atom stereocenters. The summed E-state index contributed by atoms with van der Waals surface area (Å²) in [7, 11) is 0. The second kappa shape index (κ2) is 7.61. The zero-order valence-electron chi connectivity index (χ0n) is 16.6. The first-order valence-electron chi connectivity index (χ1n) is 9.62. The van der Waals surface area contributed by atoms with Crippen LogP contribution < -0.4 is 4.90 Å². The number of benzene rings is 2. The number of nitro benzene ring substituents is 1. The molecule has 8 nitrogen and oxygen atoms in total. The number of carbonyl (C=O) groups excluding carboxylic acids is 1. The molecule has 0 amide bonds. The van der Waals surface area contributed by atoms with Crippen LogP contribution in [0.4, 0.5) is 11.4 Å². The van der Waals surface area contributed by atoms with Crippen molar-refractivity contribution < 1.29 is 14.5 Å². The van der Waals surface area contributed by atoms with E-state index in [4.69, 9.17) is 4.74 Å². The molecule has 1 saturated heterocycles. The summed E-state index contributed by atoms with van der Waals surface area (Å²) in [4.78, 5) is 26.4. The molecule has 0 unspecified atom stereocenters. The van der Waals surface area contributed by atoms with Gasteiger partial charge in [0.2, 0.25) is 0 Å². The van der Waals surface area contributed by atoms with Gasteiger partial charge in [0.05, 0.1) is 39.5 Å². The Kier molecular flexibility index (Phi) is 4.98. The monoisotopic (exact) mass is 404 g/mol. The number of aromatic nitrogens is 1. The van der Waals surface area contributed by atoms with Crippen molar-refractivity contribution in [3.8, 4) is 6.07 Å². The normalized spacial score (nSPS) is 18.9. The first-order chi connectivity index (χ1) is 14.4. The molecule has 1 aliphatic rings. The van der Waals surface area contributed by atoms with Crippen LogP contribution in [-0.4, -0.2) is 40.7 Å². The average molecular weight is 404 g/mol. The van der Waals surface area contributed by atoms with E-state index in [9.17, 15) is 20.2 Å². The summed E-state index contributed by atoms with van der Waals surface area (Å²) in [5.41, 5.74) is 1.63. The SMILES string of the molecule is C[C@@H]1CN(c2ccc([N+](=O)[O-])cc2C(=O)n2cc(C#N)c3ccccc32)C[C@H](C)O1. The molecule has 1 aromatic heterocycles. The molecule has 1 fully saturated rings. The largest absolute Gasteiger partial charge is 0.372 e. The quantitative estimate of drug-likeness (QED) is 0.487. The number of nitriles is 1. The zero-order valence-corrected chi connectivity index (χ0v) is 16.6. The maximum atomic E-state index is 13.6. The minimum atomic E-state index is -0.514. The summed E-state index contributed by atoms with van der Waals surface area (Å²) in [5, 5.41) is 21.5. The fraction of sp³-hybridized carbons (Fsp3) is 0.273. The van der Waals surface area contributed by atoms with Crippen molar-refractivity contribution in [1.29, 1.82) is 5.26 Å². The van der Waals surface area contributed by atoms with E-state index >= 15 is 0 Å². The Labute approximate surface area is 173 Å². The fourth-order valence-corrected chi connectivity index (χ4v) is 4.03. The third-order valence-electron chi connectivity index (χ3n) is 5.23. The molecule has 1 aliphatic heterocycles. The predicted molar refractivity (Wildman–Crippen MR) is 112 cm³/mol. The van der Waals surface area contributed by atoms with Crippen LogP contribution in [0.25, 0.3) is 10.9 Å². The van der Waals surface area contributed by atoms with Gasteiger partial charge in [-0.1, -0.05) is 18.2 Å². The van der Waals surface area contributed by atoms with Crippen molar-refractivity contribution in [3.05, 3.63) is 69.9 Å². The molecule has 152 valence electrons. The van der Waals surface area contributed by atoms with Gasteiger partial charge in [-0.3, -0.25) is 19.5 Å². The van der Waals surface area contributed by atoms with Crippen LogP contribution in [0.1, 0.15) is 29.8 Å². The smallest absolute Gasteiger partial charge is 0.270 e. The zero-order chi connectivity index (χ0) is 21.4. The number of nitro groups is 1. The third-order valence-corrected chi connectivity index (χ3v) is 5.23. The van der Waals surface area contributed by atoms with Gasteiger partial charge in [-0.2, -0.15) is 5.26 Å². The molecule has 0 spiro atoms. The number of rotatable bonds is 3. The highest BCUT2D eigenvalue weighted by Crippen LogP contribution is 2.30. The number of hydrogen-bond donors (Lipinski definition) is 0. The fourth-order valence-electron chi connectivity index (χ4n) is 4.03. The van der Waals surface area contributed by atoms with Crippen molar-refractivity contribution in [3.63, 3.8) is 0 Å². The number of hydrogen-bond acceptors (Lipinski definition) is 6. The highest BCUT2D eigenvalue weighted by Gasteiger charge is 2.28. The van der Waals surface area contributed by atoms with Crippen molar-refractivity contribution >= 4 is 28.2 Å². The standard InChI is InChI=1S/C22H20N4O4/c1-14-11-24(12-15(2)30-14)20-8-7-17(26(28)29)9-19(20)22(27)25-13-16(10-23)18-5-3-4-6-21(18)25/h3-9,13-15H,11-12H2,1-2H3/t14-,15+. The Morgan fingerprint density at radius 2 is 1.90 bits per heavy atom. The first kappa shape index (κ1) is 19.6. The van der Waals surface area contributed by atoms with Gasteiger partial charge in [0.25, 0.3) is 11.6 Å². The number of ether oxygens (including phenoxy) is 1. The maximum Gasteiger partial charge on any atom is 0.270 e. The number of anilines is 1. The number of para-hydroxylation sites is 1. The van der Waals surface area contributed by atoms with Gasteiger partial charge < -0.3 is 9.64 Å². The van der Waals surface area contributed by atoms with Gasteiger partial charge in [0, 0.05) is 36.8 Å². The first-order valence-corrected chi connectivity index (χ1v) is 9.62. The molecule has 4 rings (SSSR count). The van der Waals surface area contributed by atoms with Crippen LogP contribution in [0.3, 0.4) is 0 Å². The summed E-state index contributed by atoms with van der Waals surface area (Å²) in [6.07, 6.45) is 1.41. The second-order valence-corrected chi connectivity index (χ2v) is 7.47. The van der Waals surface area contributed by atoms with Gasteiger partial charge in [-0.05, 0) is 26.0 Å². The molecule has 0 aliphatic carbocycles. The van der Waals surface area contributed by atoms with Gasteiger partial charge in [0.15, 0.2) is 0 Å². The van der Waals surface area contributed by atoms with Crippen LogP contribution >= 0.6 is 0 Å². The van der Waals surface area contributed by atoms with Crippen LogP contribution in [0.5, 0.6) is 0 Å². The predicted octanol–water partition coefficient (Wildman–Crippen LogP) is 3.72. The van der Waals surface area contributed by atoms with E-state index in [1.54, 1.807) is 30.3 Å². The molecule has 0 N–H and O–H groups in total. The van der Waals surface area contributed by atoms with Crippen molar-refractivity contribution in [2.75, 3.05) is 18.0 Å². The van der Waals surface area contributed by atoms with Crippen LogP contribution in [-0.2, 0) is 4.74 Å². The minimum absolute atomic E-state index is 0.0375. The highest BCUT2D eigenvalue weighted by molar-refractivity contribution is 6.07. The molecule has 0 radical (unpaired) electrons. The Bertz CT molecular complexity index is 1180. The van der Waals surface area contributed by atoms with Crippen molar-refractivity contribution in [2.45, 2.75) is 26.1 Å². The van der Waals surface area contributed by atoms with Crippen LogP contribution in [0.15, 0.2) is 48.7 Å². The van der Waals surface area contributed by atoms with E-state index in [0.717, 1.165) is 0 Å². The molecular formula is C22H20N4O4. The van der Waals surface area contributed by atoms with E-state index in [0.29, 0.717) is 35.2 Å². The van der Waals surface area contributed by atoms with Gasteiger partial charge >= 0.3 is 0 Å². The molecule has 2 heterocycles. The van der Waals surface area contributed by atoms with Crippen molar-refractivity contribution in [1.82, 2.24) is 4.57 Å². The van der Waals surface area contributed by atoms with Gasteiger partial charge in [0.1, 0.15) is 6.07 Å². The lowest BCUT2D eigenvalue weighted by atomic mass is 10.1. The number of nitrogens with zero attached hydrogens (tertiary/aromatic N) is 4. The molecule has 30 heavy (non-hydrogen) atoms. The number of non-ortho nitro benzene ring substituents is 1. The lowest BCUT2D eigenvalue weighted by molar-refractivity contribution is -0.384. The number of morpholine rings is 1.